The first-order valence-corrected chi connectivity index (χ1v) is 8.21. The van der Waals surface area contributed by atoms with E-state index < -0.39 is 0 Å². The quantitative estimate of drug-likeness (QED) is 0.940. The number of rotatable bonds is 4. The average Bonchev–Trinajstić information content (AvgIpc) is 2.55. The van der Waals surface area contributed by atoms with Crippen molar-refractivity contribution in [2.75, 3.05) is 20.2 Å². The van der Waals surface area contributed by atoms with Gasteiger partial charge in [0.2, 0.25) is 0 Å². The Bertz CT molecular complexity index is 630. The Morgan fingerprint density at radius 2 is 1.82 bits per heavy atom. The van der Waals surface area contributed by atoms with Crippen molar-refractivity contribution in [3.8, 4) is 5.75 Å². The Balaban J connectivity index is 1.78. The fourth-order valence-corrected chi connectivity index (χ4v) is 3.53. The molecule has 0 amide bonds. The normalized spacial score (nSPS) is 18.5. The van der Waals surface area contributed by atoms with Crippen LogP contribution >= 0.6 is 0 Å². The summed E-state index contributed by atoms with van der Waals surface area (Å²) in [5.41, 5.74) is 7.42. The van der Waals surface area contributed by atoms with E-state index in [1.54, 1.807) is 7.11 Å². The van der Waals surface area contributed by atoms with Crippen molar-refractivity contribution in [3.63, 3.8) is 0 Å². The number of nitrogens with zero attached hydrogens (tertiary/aromatic N) is 1. The Hall–Kier alpha value is -1.58. The molecule has 3 nitrogen and oxygen atoms in total. The van der Waals surface area contributed by atoms with Gasteiger partial charge in [-0.1, -0.05) is 30.3 Å². The number of nitrogens with two attached hydrogens (primary N) is 1. The van der Waals surface area contributed by atoms with Crippen LogP contribution in [0.5, 0.6) is 5.75 Å². The summed E-state index contributed by atoms with van der Waals surface area (Å²) in [5.74, 6) is 1.64. The van der Waals surface area contributed by atoms with Crippen LogP contribution in [0.4, 0.5) is 0 Å². The molecule has 0 bridgehead atoms. The molecule has 1 aliphatic heterocycles. The zero-order valence-electron chi connectivity index (χ0n) is 13.6. The summed E-state index contributed by atoms with van der Waals surface area (Å²) >= 11 is 0. The zero-order valence-corrected chi connectivity index (χ0v) is 13.6. The maximum atomic E-state index is 6.04. The molecule has 1 atom stereocenters. The number of methoxy groups -OCH3 is 1. The minimum atomic E-state index is 0.323. The molecular formula is C19H26N2O. The highest BCUT2D eigenvalue weighted by Crippen LogP contribution is 2.30. The van der Waals surface area contributed by atoms with Gasteiger partial charge in [0.25, 0.3) is 0 Å². The second-order valence-electron chi connectivity index (χ2n) is 6.45. The molecule has 2 N–H and O–H groups in total. The van der Waals surface area contributed by atoms with E-state index in [0.717, 1.165) is 25.4 Å². The standard InChI is InChI=1S/C19H26N2O/c1-14(20)15-9-11-21(12-10-15)13-16-7-8-19(22-2)18-6-4-3-5-17(16)18/h3-8,14-15H,9-13,20H2,1-2H3. The van der Waals surface area contributed by atoms with E-state index in [1.807, 2.05) is 0 Å². The van der Waals surface area contributed by atoms with E-state index in [1.165, 1.54) is 29.2 Å². The number of hydrogen-bond acceptors (Lipinski definition) is 3. The molecule has 0 saturated carbocycles. The Labute approximate surface area is 133 Å². The Morgan fingerprint density at radius 1 is 1.14 bits per heavy atom. The van der Waals surface area contributed by atoms with Gasteiger partial charge in [0.05, 0.1) is 7.11 Å². The van der Waals surface area contributed by atoms with Crippen molar-refractivity contribution in [1.29, 1.82) is 0 Å². The summed E-state index contributed by atoms with van der Waals surface area (Å²) in [4.78, 5) is 2.55. The fourth-order valence-electron chi connectivity index (χ4n) is 3.53. The first-order chi connectivity index (χ1) is 10.7. The van der Waals surface area contributed by atoms with Gasteiger partial charge in [-0.25, -0.2) is 0 Å². The summed E-state index contributed by atoms with van der Waals surface area (Å²) in [6, 6.07) is 13.1. The smallest absolute Gasteiger partial charge is 0.126 e. The average molecular weight is 298 g/mol. The van der Waals surface area contributed by atoms with Gasteiger partial charge >= 0.3 is 0 Å². The van der Waals surface area contributed by atoms with Crippen LogP contribution in [0.3, 0.4) is 0 Å². The monoisotopic (exact) mass is 298 g/mol. The summed E-state index contributed by atoms with van der Waals surface area (Å²) < 4.78 is 5.49. The van der Waals surface area contributed by atoms with E-state index in [9.17, 15) is 0 Å². The van der Waals surface area contributed by atoms with E-state index in [0.29, 0.717) is 12.0 Å². The van der Waals surface area contributed by atoms with E-state index in [4.69, 9.17) is 10.5 Å². The minimum Gasteiger partial charge on any atom is -0.496 e. The largest absolute Gasteiger partial charge is 0.496 e. The second-order valence-corrected chi connectivity index (χ2v) is 6.45. The highest BCUT2D eigenvalue weighted by molar-refractivity contribution is 5.91. The molecule has 0 aliphatic carbocycles. The molecule has 0 radical (unpaired) electrons. The van der Waals surface area contributed by atoms with Crippen LogP contribution in [-0.4, -0.2) is 31.1 Å². The zero-order chi connectivity index (χ0) is 15.5. The third kappa shape index (κ3) is 3.11. The molecule has 22 heavy (non-hydrogen) atoms. The molecule has 1 heterocycles. The molecule has 0 spiro atoms. The van der Waals surface area contributed by atoms with Crippen LogP contribution in [-0.2, 0) is 6.54 Å². The third-order valence-electron chi connectivity index (χ3n) is 4.96. The van der Waals surface area contributed by atoms with Gasteiger partial charge in [-0.15, -0.1) is 0 Å². The second kappa shape index (κ2) is 6.67. The number of piperidine rings is 1. The fraction of sp³-hybridized carbons (Fsp3) is 0.474. The molecule has 118 valence electrons. The Kier molecular flexibility index (Phi) is 4.65. The molecule has 3 rings (SSSR count). The maximum absolute atomic E-state index is 6.04. The van der Waals surface area contributed by atoms with Gasteiger partial charge in [0, 0.05) is 18.0 Å². The molecule has 1 fully saturated rings. The van der Waals surface area contributed by atoms with Gasteiger partial charge in [0.15, 0.2) is 0 Å². The number of fused-ring (bicyclic) bond motifs is 1. The lowest BCUT2D eigenvalue weighted by molar-refractivity contribution is 0.166. The molecule has 2 aromatic rings. The summed E-state index contributed by atoms with van der Waals surface area (Å²) in [7, 11) is 1.74. The predicted molar refractivity (Wildman–Crippen MR) is 92.2 cm³/mol. The maximum Gasteiger partial charge on any atom is 0.126 e. The van der Waals surface area contributed by atoms with Gasteiger partial charge in [-0.05, 0) is 55.8 Å². The summed E-state index contributed by atoms with van der Waals surface area (Å²) in [5, 5.41) is 2.50. The van der Waals surface area contributed by atoms with Crippen molar-refractivity contribution < 1.29 is 4.74 Å². The first-order valence-electron chi connectivity index (χ1n) is 8.21. The molecule has 0 aromatic heterocycles. The van der Waals surface area contributed by atoms with E-state index in [2.05, 4.69) is 48.2 Å². The molecule has 2 aromatic carbocycles. The number of hydrogen-bond donors (Lipinski definition) is 1. The van der Waals surface area contributed by atoms with Crippen molar-refractivity contribution in [3.05, 3.63) is 42.0 Å². The van der Waals surface area contributed by atoms with Crippen molar-refractivity contribution in [2.45, 2.75) is 32.4 Å². The van der Waals surface area contributed by atoms with Crippen LogP contribution in [0.1, 0.15) is 25.3 Å². The molecule has 3 heteroatoms. The van der Waals surface area contributed by atoms with Gasteiger partial charge < -0.3 is 10.5 Å². The molecule has 1 unspecified atom stereocenters. The molecular weight excluding hydrogens is 272 g/mol. The highest BCUT2D eigenvalue weighted by atomic mass is 16.5. The lowest BCUT2D eigenvalue weighted by atomic mass is 9.90. The van der Waals surface area contributed by atoms with E-state index in [-0.39, 0.29) is 0 Å². The van der Waals surface area contributed by atoms with Gasteiger partial charge in [-0.3, -0.25) is 4.90 Å². The van der Waals surface area contributed by atoms with Crippen LogP contribution < -0.4 is 10.5 Å². The Morgan fingerprint density at radius 3 is 2.45 bits per heavy atom. The van der Waals surface area contributed by atoms with Crippen molar-refractivity contribution in [1.82, 2.24) is 4.90 Å². The SMILES string of the molecule is COc1ccc(CN2CCC(C(C)N)CC2)c2ccccc12. The van der Waals surface area contributed by atoms with E-state index >= 15 is 0 Å². The van der Waals surface area contributed by atoms with Crippen LogP contribution in [0.15, 0.2) is 36.4 Å². The number of ether oxygens (including phenoxy) is 1. The molecule has 1 aliphatic rings. The van der Waals surface area contributed by atoms with Crippen LogP contribution in [0.2, 0.25) is 0 Å². The number of benzene rings is 2. The number of likely N-dealkylation sites (tertiary alicyclic amines) is 1. The third-order valence-corrected chi connectivity index (χ3v) is 4.96. The summed E-state index contributed by atoms with van der Waals surface area (Å²) in [6.45, 7) is 5.44. The van der Waals surface area contributed by atoms with Crippen molar-refractivity contribution >= 4 is 10.8 Å². The summed E-state index contributed by atoms with van der Waals surface area (Å²) in [6.07, 6.45) is 2.43. The van der Waals surface area contributed by atoms with Crippen molar-refractivity contribution in [2.24, 2.45) is 11.7 Å². The lowest BCUT2D eigenvalue weighted by Crippen LogP contribution is -2.39. The van der Waals surface area contributed by atoms with Crippen LogP contribution in [0, 0.1) is 5.92 Å². The lowest BCUT2D eigenvalue weighted by Gasteiger charge is -2.34. The first kappa shape index (κ1) is 15.3. The van der Waals surface area contributed by atoms with Gasteiger partial charge in [-0.2, -0.15) is 0 Å². The predicted octanol–water partition coefficient (Wildman–Crippen LogP) is 3.41. The molecule has 1 saturated heterocycles. The minimum absolute atomic E-state index is 0.323. The van der Waals surface area contributed by atoms with Gasteiger partial charge in [0.1, 0.15) is 5.75 Å². The topological polar surface area (TPSA) is 38.5 Å². The van der Waals surface area contributed by atoms with Crippen LogP contribution in [0.25, 0.3) is 10.8 Å². The highest BCUT2D eigenvalue weighted by Gasteiger charge is 2.22.